The Kier molecular flexibility index (Phi) is 4.65. The lowest BCUT2D eigenvalue weighted by molar-refractivity contribution is -0.152. The molecule has 0 saturated carbocycles. The predicted molar refractivity (Wildman–Crippen MR) is 81.5 cm³/mol. The summed E-state index contributed by atoms with van der Waals surface area (Å²) >= 11 is 0. The van der Waals surface area contributed by atoms with Gasteiger partial charge in [0.15, 0.2) is 9.84 Å². The van der Waals surface area contributed by atoms with E-state index in [1.54, 1.807) is 0 Å². The molecule has 1 fully saturated rings. The summed E-state index contributed by atoms with van der Waals surface area (Å²) in [5, 5.41) is 9.26. The Bertz CT molecular complexity index is 704. The number of nitrogens with zero attached hydrogens (tertiary/aromatic N) is 1. The van der Waals surface area contributed by atoms with Crippen LogP contribution < -0.4 is 0 Å². The van der Waals surface area contributed by atoms with E-state index >= 15 is 0 Å². The zero-order valence-corrected chi connectivity index (χ0v) is 13.8. The van der Waals surface area contributed by atoms with Crippen molar-refractivity contribution in [2.75, 3.05) is 26.0 Å². The fourth-order valence-corrected chi connectivity index (χ4v) is 4.57. The second-order valence-electron chi connectivity index (χ2n) is 5.88. The Morgan fingerprint density at radius 3 is 2.30 bits per heavy atom. The van der Waals surface area contributed by atoms with E-state index in [2.05, 4.69) is 4.74 Å². The van der Waals surface area contributed by atoms with Crippen molar-refractivity contribution >= 4 is 21.7 Å². The molecule has 126 valence electrons. The molecule has 1 amide bonds. The fraction of sp³-hybridized carbons (Fsp3) is 0.467. The van der Waals surface area contributed by atoms with Crippen LogP contribution in [0, 0.1) is 5.41 Å². The number of carbonyl (C=O) groups is 2. The van der Waals surface area contributed by atoms with E-state index < -0.39 is 21.2 Å². The number of aromatic hydroxyl groups is 1. The highest BCUT2D eigenvalue weighted by atomic mass is 32.2. The first-order valence-electron chi connectivity index (χ1n) is 7.02. The maximum Gasteiger partial charge on any atom is 0.306 e. The van der Waals surface area contributed by atoms with Crippen molar-refractivity contribution in [2.45, 2.75) is 18.2 Å². The first-order valence-corrected chi connectivity index (χ1v) is 8.67. The molecule has 1 saturated heterocycles. The number of likely N-dealkylation sites (tertiary alicyclic amines) is 1. The van der Waals surface area contributed by atoms with Gasteiger partial charge in [-0.25, -0.2) is 8.42 Å². The molecule has 1 aromatic rings. The summed E-state index contributed by atoms with van der Waals surface area (Å²) < 4.78 is 29.8. The quantitative estimate of drug-likeness (QED) is 0.786. The molecule has 1 aliphatic rings. The second kappa shape index (κ2) is 6.19. The van der Waals surface area contributed by atoms with Crippen molar-refractivity contribution in [3.8, 4) is 5.75 Å². The summed E-state index contributed by atoms with van der Waals surface area (Å²) in [5.41, 5.74) is -0.838. The number of amides is 1. The molecule has 1 aliphatic heterocycles. The SMILES string of the molecule is COC(=O)CC1(CS(=O)(=O)c2ccc(O)cc2)CN(C(C)=O)C1. The van der Waals surface area contributed by atoms with Gasteiger partial charge in [-0.05, 0) is 24.3 Å². The number of esters is 1. The zero-order chi connectivity index (χ0) is 17.3. The molecule has 2 rings (SSSR count). The molecule has 0 atom stereocenters. The molecule has 0 spiro atoms. The lowest BCUT2D eigenvalue weighted by Crippen LogP contribution is -2.61. The first kappa shape index (κ1) is 17.3. The molecule has 7 nitrogen and oxygen atoms in total. The van der Waals surface area contributed by atoms with Crippen molar-refractivity contribution < 1.29 is 27.9 Å². The van der Waals surface area contributed by atoms with Gasteiger partial charge in [-0.2, -0.15) is 0 Å². The maximum atomic E-state index is 12.6. The topological polar surface area (TPSA) is 101 Å². The largest absolute Gasteiger partial charge is 0.508 e. The molecular formula is C15H19NO6S. The van der Waals surface area contributed by atoms with Gasteiger partial charge in [0, 0.05) is 25.4 Å². The molecule has 0 bridgehead atoms. The van der Waals surface area contributed by atoms with Crippen molar-refractivity contribution in [3.63, 3.8) is 0 Å². The van der Waals surface area contributed by atoms with Gasteiger partial charge >= 0.3 is 5.97 Å². The third-order valence-electron chi connectivity index (χ3n) is 3.94. The molecule has 0 radical (unpaired) electrons. The average Bonchev–Trinajstić information content (AvgIpc) is 2.43. The van der Waals surface area contributed by atoms with Gasteiger partial charge in [-0.3, -0.25) is 9.59 Å². The Hall–Kier alpha value is -2.09. The number of sulfone groups is 1. The second-order valence-corrected chi connectivity index (χ2v) is 7.87. The number of phenols is 1. The third kappa shape index (κ3) is 3.82. The van der Waals surface area contributed by atoms with Gasteiger partial charge < -0.3 is 14.7 Å². The van der Waals surface area contributed by atoms with E-state index in [0.717, 1.165) is 0 Å². The Morgan fingerprint density at radius 1 is 1.26 bits per heavy atom. The lowest BCUT2D eigenvalue weighted by Gasteiger charge is -2.49. The van der Waals surface area contributed by atoms with Crippen LogP contribution in [0.4, 0.5) is 0 Å². The normalized spacial score (nSPS) is 16.5. The van der Waals surface area contributed by atoms with Crippen LogP contribution in [0.15, 0.2) is 29.2 Å². The van der Waals surface area contributed by atoms with Crippen molar-refractivity contribution in [1.82, 2.24) is 4.90 Å². The number of benzene rings is 1. The van der Waals surface area contributed by atoms with E-state index in [4.69, 9.17) is 0 Å². The summed E-state index contributed by atoms with van der Waals surface area (Å²) in [6, 6.07) is 5.22. The highest BCUT2D eigenvalue weighted by molar-refractivity contribution is 7.91. The van der Waals surface area contributed by atoms with Gasteiger partial charge in [-0.15, -0.1) is 0 Å². The monoisotopic (exact) mass is 341 g/mol. The third-order valence-corrected chi connectivity index (χ3v) is 5.92. The molecule has 0 aromatic heterocycles. The summed E-state index contributed by atoms with van der Waals surface area (Å²) in [7, 11) is -2.41. The van der Waals surface area contributed by atoms with E-state index in [9.17, 15) is 23.1 Å². The minimum atomic E-state index is -3.66. The van der Waals surface area contributed by atoms with Crippen LogP contribution >= 0.6 is 0 Å². The van der Waals surface area contributed by atoms with Gasteiger partial charge in [0.2, 0.25) is 5.91 Å². The lowest BCUT2D eigenvalue weighted by atomic mass is 9.78. The van der Waals surface area contributed by atoms with Crippen LogP contribution in [0.25, 0.3) is 0 Å². The Balaban J connectivity index is 2.22. The minimum Gasteiger partial charge on any atom is -0.508 e. The predicted octanol–water partition coefficient (Wildman–Crippen LogP) is 0.577. The van der Waals surface area contributed by atoms with Crippen molar-refractivity contribution in [1.29, 1.82) is 0 Å². The van der Waals surface area contributed by atoms with E-state index in [1.807, 2.05) is 0 Å². The summed E-state index contributed by atoms with van der Waals surface area (Å²) in [6.45, 7) is 1.81. The molecular weight excluding hydrogens is 322 g/mol. The van der Waals surface area contributed by atoms with Gasteiger partial charge in [0.25, 0.3) is 0 Å². The molecule has 23 heavy (non-hydrogen) atoms. The molecule has 8 heteroatoms. The van der Waals surface area contributed by atoms with Crippen LogP contribution in [0.3, 0.4) is 0 Å². The molecule has 0 aliphatic carbocycles. The van der Waals surface area contributed by atoms with E-state index in [-0.39, 0.29) is 41.8 Å². The van der Waals surface area contributed by atoms with Crippen LogP contribution in [0.5, 0.6) is 5.75 Å². The van der Waals surface area contributed by atoms with Crippen molar-refractivity contribution in [2.24, 2.45) is 5.41 Å². The van der Waals surface area contributed by atoms with Crippen molar-refractivity contribution in [3.05, 3.63) is 24.3 Å². The van der Waals surface area contributed by atoms with Gasteiger partial charge in [0.05, 0.1) is 24.2 Å². The minimum absolute atomic E-state index is 0.0281. The summed E-state index contributed by atoms with van der Waals surface area (Å²) in [5.74, 6) is -0.954. The summed E-state index contributed by atoms with van der Waals surface area (Å²) in [4.78, 5) is 24.6. The van der Waals surface area contributed by atoms with E-state index in [1.165, 1.54) is 43.2 Å². The first-order chi connectivity index (χ1) is 10.7. The van der Waals surface area contributed by atoms with Gasteiger partial charge in [-0.1, -0.05) is 0 Å². The van der Waals surface area contributed by atoms with Crippen LogP contribution in [-0.4, -0.2) is 56.3 Å². The number of ether oxygens (including phenoxy) is 1. The average molecular weight is 341 g/mol. The number of hydrogen-bond acceptors (Lipinski definition) is 6. The zero-order valence-electron chi connectivity index (χ0n) is 13.0. The molecule has 0 unspecified atom stereocenters. The maximum absolute atomic E-state index is 12.6. The standard InChI is InChI=1S/C15H19NO6S/c1-11(17)16-8-15(9-16,7-14(19)22-2)10-23(20,21)13-5-3-12(18)4-6-13/h3-6,18H,7-10H2,1-2H3. The Labute approximate surface area is 134 Å². The van der Waals surface area contributed by atoms with E-state index in [0.29, 0.717) is 0 Å². The molecule has 1 aromatic carbocycles. The number of phenolic OH excluding ortho intramolecular Hbond substituents is 1. The van der Waals surface area contributed by atoms with Crippen LogP contribution in [-0.2, 0) is 24.2 Å². The molecule has 1 N–H and O–H groups in total. The number of carbonyl (C=O) groups excluding carboxylic acids is 2. The Morgan fingerprint density at radius 2 is 1.83 bits per heavy atom. The summed E-state index contributed by atoms with van der Waals surface area (Å²) in [6.07, 6.45) is -0.0649. The highest BCUT2D eigenvalue weighted by Gasteiger charge is 2.49. The number of hydrogen-bond donors (Lipinski definition) is 1. The number of rotatable bonds is 5. The van der Waals surface area contributed by atoms with Crippen LogP contribution in [0.2, 0.25) is 0 Å². The smallest absolute Gasteiger partial charge is 0.306 e. The van der Waals surface area contributed by atoms with Gasteiger partial charge in [0.1, 0.15) is 5.75 Å². The van der Waals surface area contributed by atoms with Crippen LogP contribution in [0.1, 0.15) is 13.3 Å². The number of methoxy groups -OCH3 is 1. The fourth-order valence-electron chi connectivity index (χ4n) is 2.76. The molecule has 1 heterocycles. The highest BCUT2D eigenvalue weighted by Crippen LogP contribution is 2.37.